The minimum atomic E-state index is -0.617. The van der Waals surface area contributed by atoms with Crippen LogP contribution in [0.15, 0.2) is 47.4 Å². The Morgan fingerprint density at radius 3 is 2.64 bits per heavy atom. The molecule has 1 aliphatic heterocycles. The Morgan fingerprint density at radius 2 is 1.96 bits per heavy atom. The van der Waals surface area contributed by atoms with Crippen LogP contribution in [0.3, 0.4) is 0 Å². The van der Waals surface area contributed by atoms with Crippen molar-refractivity contribution in [1.29, 1.82) is 0 Å². The molecule has 1 aliphatic rings. The number of halogens is 2. The Bertz CT molecular complexity index is 994. The monoisotopic (exact) mass is 436 g/mol. The second-order valence-corrected chi connectivity index (χ2v) is 7.68. The second-order valence-electron chi connectivity index (χ2n) is 5.84. The molecular formula is C19H14Cl2N2O4S. The SMILES string of the molecule is NC(=O)COc1ccc(/C=C2\SC(=O)N(Cc3cccc(Cl)c3)C2=O)cc1Cl. The summed E-state index contributed by atoms with van der Waals surface area (Å²) in [6, 6.07) is 11.8. The molecule has 144 valence electrons. The van der Waals surface area contributed by atoms with Crippen molar-refractivity contribution in [2.45, 2.75) is 6.54 Å². The summed E-state index contributed by atoms with van der Waals surface area (Å²) in [4.78, 5) is 37.1. The molecule has 0 spiro atoms. The van der Waals surface area contributed by atoms with E-state index in [2.05, 4.69) is 0 Å². The zero-order valence-corrected chi connectivity index (χ0v) is 16.7. The molecule has 0 aliphatic carbocycles. The van der Waals surface area contributed by atoms with Crippen molar-refractivity contribution in [3.8, 4) is 5.75 Å². The van der Waals surface area contributed by atoms with Crippen LogP contribution in [0.25, 0.3) is 6.08 Å². The fraction of sp³-hybridized carbons (Fsp3) is 0.105. The average molecular weight is 437 g/mol. The van der Waals surface area contributed by atoms with Gasteiger partial charge in [-0.15, -0.1) is 0 Å². The maximum Gasteiger partial charge on any atom is 0.293 e. The third-order valence-electron chi connectivity index (χ3n) is 3.73. The highest BCUT2D eigenvalue weighted by Gasteiger charge is 2.35. The summed E-state index contributed by atoms with van der Waals surface area (Å²) in [6.45, 7) is -0.148. The van der Waals surface area contributed by atoms with Crippen LogP contribution in [0.4, 0.5) is 4.79 Å². The quantitative estimate of drug-likeness (QED) is 0.688. The number of primary amides is 1. The summed E-state index contributed by atoms with van der Waals surface area (Å²) in [5.74, 6) is -0.708. The number of thioether (sulfide) groups is 1. The molecule has 2 aromatic carbocycles. The first-order valence-corrected chi connectivity index (χ1v) is 9.61. The van der Waals surface area contributed by atoms with Crippen molar-refractivity contribution in [1.82, 2.24) is 4.90 Å². The number of nitrogens with zero attached hydrogens (tertiary/aromatic N) is 1. The van der Waals surface area contributed by atoms with E-state index in [1.54, 1.807) is 48.5 Å². The van der Waals surface area contributed by atoms with Crippen LogP contribution in [-0.2, 0) is 16.1 Å². The van der Waals surface area contributed by atoms with Gasteiger partial charge in [0.15, 0.2) is 6.61 Å². The molecule has 28 heavy (non-hydrogen) atoms. The molecule has 0 radical (unpaired) electrons. The van der Waals surface area contributed by atoms with Gasteiger partial charge in [-0.25, -0.2) is 0 Å². The summed E-state index contributed by atoms with van der Waals surface area (Å²) < 4.78 is 5.18. The molecule has 3 rings (SSSR count). The van der Waals surface area contributed by atoms with Gasteiger partial charge in [-0.05, 0) is 53.2 Å². The highest BCUT2D eigenvalue weighted by Crippen LogP contribution is 2.34. The van der Waals surface area contributed by atoms with Crippen molar-refractivity contribution in [3.63, 3.8) is 0 Å². The van der Waals surface area contributed by atoms with E-state index in [1.165, 1.54) is 0 Å². The summed E-state index contributed by atoms with van der Waals surface area (Å²) in [7, 11) is 0. The number of nitrogens with two attached hydrogens (primary N) is 1. The first-order chi connectivity index (χ1) is 13.3. The van der Waals surface area contributed by atoms with Crippen LogP contribution < -0.4 is 10.5 Å². The number of ether oxygens (including phenoxy) is 1. The van der Waals surface area contributed by atoms with Gasteiger partial charge in [-0.2, -0.15) is 0 Å². The van der Waals surface area contributed by atoms with Crippen molar-refractivity contribution >= 4 is 58.1 Å². The predicted molar refractivity (Wildman–Crippen MR) is 109 cm³/mol. The van der Waals surface area contributed by atoms with Gasteiger partial charge in [0, 0.05) is 5.02 Å². The Morgan fingerprint density at radius 1 is 1.18 bits per heavy atom. The normalized spacial score (nSPS) is 15.4. The lowest BCUT2D eigenvalue weighted by atomic mass is 10.2. The minimum Gasteiger partial charge on any atom is -0.482 e. The third-order valence-corrected chi connectivity index (χ3v) is 5.16. The van der Waals surface area contributed by atoms with Gasteiger partial charge in [-0.3, -0.25) is 19.3 Å². The van der Waals surface area contributed by atoms with Crippen molar-refractivity contribution in [3.05, 3.63) is 68.5 Å². The lowest BCUT2D eigenvalue weighted by Crippen LogP contribution is -2.27. The average Bonchev–Trinajstić information content (AvgIpc) is 2.88. The maximum atomic E-state index is 12.6. The molecule has 0 unspecified atom stereocenters. The molecule has 1 fully saturated rings. The van der Waals surface area contributed by atoms with Gasteiger partial charge in [-0.1, -0.05) is 41.4 Å². The topological polar surface area (TPSA) is 89.7 Å². The van der Waals surface area contributed by atoms with Gasteiger partial charge >= 0.3 is 0 Å². The largest absolute Gasteiger partial charge is 0.482 e. The van der Waals surface area contributed by atoms with E-state index in [0.717, 1.165) is 22.2 Å². The van der Waals surface area contributed by atoms with Crippen LogP contribution >= 0.6 is 35.0 Å². The standard InChI is InChI=1S/C19H14Cl2N2O4S/c20-13-3-1-2-12(6-13)9-23-18(25)16(28-19(23)26)8-11-4-5-15(14(21)7-11)27-10-17(22)24/h1-8H,9-10H2,(H2,22,24)/b16-8-. The lowest BCUT2D eigenvalue weighted by Gasteiger charge is -2.12. The fourth-order valence-electron chi connectivity index (χ4n) is 2.48. The number of hydrogen-bond acceptors (Lipinski definition) is 5. The van der Waals surface area contributed by atoms with E-state index in [0.29, 0.717) is 16.3 Å². The molecule has 1 saturated heterocycles. The third kappa shape index (κ3) is 4.86. The Hall–Kier alpha value is -2.48. The predicted octanol–water partition coefficient (Wildman–Crippen LogP) is 4.09. The molecule has 0 atom stereocenters. The maximum absolute atomic E-state index is 12.6. The number of rotatable bonds is 6. The number of hydrogen-bond donors (Lipinski definition) is 1. The van der Waals surface area contributed by atoms with Crippen molar-refractivity contribution in [2.75, 3.05) is 6.61 Å². The van der Waals surface area contributed by atoms with Crippen LogP contribution in [0.2, 0.25) is 10.0 Å². The number of carbonyl (C=O) groups excluding carboxylic acids is 3. The van der Waals surface area contributed by atoms with Crippen LogP contribution in [-0.4, -0.2) is 28.6 Å². The highest BCUT2D eigenvalue weighted by molar-refractivity contribution is 8.18. The van der Waals surface area contributed by atoms with Crippen molar-refractivity contribution in [2.24, 2.45) is 5.73 Å². The summed E-state index contributed by atoms with van der Waals surface area (Å²) >= 11 is 12.9. The van der Waals surface area contributed by atoms with E-state index in [1.807, 2.05) is 0 Å². The van der Waals surface area contributed by atoms with Crippen LogP contribution in [0.1, 0.15) is 11.1 Å². The molecule has 1 heterocycles. The van der Waals surface area contributed by atoms with E-state index in [-0.39, 0.29) is 34.2 Å². The van der Waals surface area contributed by atoms with Gasteiger partial charge in [0.1, 0.15) is 5.75 Å². The van der Waals surface area contributed by atoms with Crippen LogP contribution in [0.5, 0.6) is 5.75 Å². The number of benzene rings is 2. The van der Waals surface area contributed by atoms with E-state index in [4.69, 9.17) is 33.7 Å². The summed E-state index contributed by atoms with van der Waals surface area (Å²) in [5.41, 5.74) is 6.41. The second kappa shape index (κ2) is 8.68. The van der Waals surface area contributed by atoms with Crippen LogP contribution in [0, 0.1) is 0 Å². The Labute approximate surface area is 175 Å². The molecule has 0 bridgehead atoms. The molecule has 9 heteroatoms. The molecule has 0 aromatic heterocycles. The highest BCUT2D eigenvalue weighted by atomic mass is 35.5. The first-order valence-electron chi connectivity index (χ1n) is 8.04. The molecule has 0 saturated carbocycles. The zero-order valence-electron chi connectivity index (χ0n) is 14.4. The van der Waals surface area contributed by atoms with Gasteiger partial charge in [0.2, 0.25) is 0 Å². The lowest BCUT2D eigenvalue weighted by molar-refractivity contribution is -0.123. The fourth-order valence-corrected chi connectivity index (χ4v) is 3.77. The Balaban J connectivity index is 1.76. The van der Waals surface area contributed by atoms with E-state index < -0.39 is 5.91 Å². The molecule has 3 amide bonds. The molecule has 6 nitrogen and oxygen atoms in total. The number of imide groups is 1. The zero-order chi connectivity index (χ0) is 20.3. The van der Waals surface area contributed by atoms with Gasteiger partial charge in [0.25, 0.3) is 17.1 Å². The number of carbonyl (C=O) groups is 3. The van der Waals surface area contributed by atoms with Gasteiger partial charge < -0.3 is 10.5 Å². The Kier molecular flexibility index (Phi) is 6.28. The van der Waals surface area contributed by atoms with E-state index >= 15 is 0 Å². The smallest absolute Gasteiger partial charge is 0.293 e. The first kappa shape index (κ1) is 20.3. The van der Waals surface area contributed by atoms with Crippen molar-refractivity contribution < 1.29 is 19.1 Å². The number of amides is 3. The molecule has 2 aromatic rings. The van der Waals surface area contributed by atoms with E-state index in [9.17, 15) is 14.4 Å². The van der Waals surface area contributed by atoms with Gasteiger partial charge in [0.05, 0.1) is 16.5 Å². The minimum absolute atomic E-state index is 0.142. The molecular weight excluding hydrogens is 423 g/mol. The molecule has 2 N–H and O–H groups in total. The summed E-state index contributed by atoms with van der Waals surface area (Å²) in [6.07, 6.45) is 1.58. The summed E-state index contributed by atoms with van der Waals surface area (Å²) in [5, 5.41) is 0.435.